The van der Waals surface area contributed by atoms with Crippen LogP contribution in [0.4, 0.5) is 5.69 Å². The zero-order valence-electron chi connectivity index (χ0n) is 11.7. The Morgan fingerprint density at radius 3 is 2.42 bits per heavy atom. The van der Waals surface area contributed by atoms with E-state index >= 15 is 0 Å². The van der Waals surface area contributed by atoms with E-state index in [1.165, 1.54) is 11.9 Å². The third kappa shape index (κ3) is 3.23. The quantitative estimate of drug-likeness (QED) is 0.589. The summed E-state index contributed by atoms with van der Waals surface area (Å²) in [4.78, 5) is 1.08. The first-order valence-corrected chi connectivity index (χ1v) is 7.05. The molecule has 1 aromatic carbocycles. The lowest BCUT2D eigenvalue weighted by molar-refractivity contribution is 0.516. The van der Waals surface area contributed by atoms with Crippen molar-refractivity contribution >= 4 is 17.6 Å². The van der Waals surface area contributed by atoms with Gasteiger partial charge < -0.3 is 0 Å². The Balaban J connectivity index is 2.15. The molecule has 0 unspecified atom stereocenters. The summed E-state index contributed by atoms with van der Waals surface area (Å²) in [6.07, 6.45) is 0. The van der Waals surface area contributed by atoms with Crippen LogP contribution in [0.2, 0.25) is 0 Å². The van der Waals surface area contributed by atoms with Gasteiger partial charge in [0.15, 0.2) is 0 Å². The first-order chi connectivity index (χ1) is 9.09. The van der Waals surface area contributed by atoms with E-state index in [9.17, 15) is 0 Å². The molecule has 0 spiro atoms. The molecular weight excluding hydrogens is 256 g/mol. The highest BCUT2D eigenvalue weighted by atomic mass is 32.2. The number of aromatic nitrogens is 2. The topological polar surface area (TPSA) is 42.5 Å². The van der Waals surface area contributed by atoms with E-state index in [2.05, 4.69) is 28.6 Å². The van der Waals surface area contributed by atoms with Gasteiger partial charge in [-0.05, 0) is 39.8 Å². The number of hydrogen-bond acceptors (Lipinski definition) is 4. The molecule has 0 saturated heterocycles. The van der Waals surface area contributed by atoms with Gasteiger partial charge in [-0.1, -0.05) is 18.2 Å². The summed E-state index contributed by atoms with van der Waals surface area (Å²) in [6, 6.07) is 10.3. The van der Waals surface area contributed by atoms with E-state index in [0.29, 0.717) is 6.04 Å². The fourth-order valence-electron chi connectivity index (χ4n) is 1.89. The third-order valence-corrected chi connectivity index (χ3v) is 3.45. The van der Waals surface area contributed by atoms with Crippen LogP contribution < -0.4 is 0 Å². The third-order valence-electron chi connectivity index (χ3n) is 2.81. The van der Waals surface area contributed by atoms with E-state index in [1.807, 2.05) is 48.9 Å². The second-order valence-corrected chi connectivity index (χ2v) is 5.46. The van der Waals surface area contributed by atoms with Gasteiger partial charge >= 0.3 is 0 Å². The predicted molar refractivity (Wildman–Crippen MR) is 78.9 cm³/mol. The Hall–Kier alpha value is -1.62. The van der Waals surface area contributed by atoms with Crippen LogP contribution in [-0.2, 0) is 0 Å². The lowest BCUT2D eigenvalue weighted by Gasteiger charge is -2.06. The summed E-state index contributed by atoms with van der Waals surface area (Å²) < 4.78 is 6.18. The first kappa shape index (κ1) is 13.8. The Labute approximate surface area is 118 Å². The second-order valence-electron chi connectivity index (χ2n) is 4.64. The summed E-state index contributed by atoms with van der Waals surface area (Å²) in [7, 11) is 0. The maximum atomic E-state index is 4.49. The van der Waals surface area contributed by atoms with Crippen molar-refractivity contribution in [3.05, 3.63) is 41.7 Å². The number of rotatable bonds is 4. The molecule has 0 amide bonds. The lowest BCUT2D eigenvalue weighted by atomic mass is 10.3. The van der Waals surface area contributed by atoms with Crippen LogP contribution in [0.1, 0.15) is 31.3 Å². The van der Waals surface area contributed by atoms with E-state index in [1.54, 1.807) is 0 Å². The number of nitrogens with zero attached hydrogens (tertiary/aromatic N) is 4. The van der Waals surface area contributed by atoms with Gasteiger partial charge in [0.2, 0.25) is 0 Å². The van der Waals surface area contributed by atoms with E-state index in [0.717, 1.165) is 22.0 Å². The average Bonchev–Trinajstić information content (AvgIpc) is 2.68. The minimum absolute atomic E-state index is 0.337. The summed E-state index contributed by atoms with van der Waals surface area (Å²) in [6.45, 7) is 8.22. The standard InChI is InChI=1S/C14H18N4S/c1-10(2)18-12(4)14(11(3)16-18)15-17-19-13-8-6-5-7-9-13/h5-10H,1-4H3. The molecule has 0 bridgehead atoms. The molecular formula is C14H18N4S. The van der Waals surface area contributed by atoms with Crippen LogP contribution in [0, 0.1) is 13.8 Å². The lowest BCUT2D eigenvalue weighted by Crippen LogP contribution is -2.04. The van der Waals surface area contributed by atoms with Crippen LogP contribution in [0.15, 0.2) is 44.9 Å². The van der Waals surface area contributed by atoms with Crippen molar-refractivity contribution in [2.45, 2.75) is 38.6 Å². The Bertz CT molecular complexity index is 573. The molecule has 2 rings (SSSR count). The van der Waals surface area contributed by atoms with Crippen LogP contribution >= 0.6 is 11.9 Å². The summed E-state index contributed by atoms with van der Waals surface area (Å²) in [5, 5.41) is 8.80. The largest absolute Gasteiger partial charge is 0.265 e. The van der Waals surface area contributed by atoms with E-state index < -0.39 is 0 Å². The smallest absolute Gasteiger partial charge is 0.130 e. The van der Waals surface area contributed by atoms with Gasteiger partial charge in [0.1, 0.15) is 5.69 Å². The molecule has 5 heteroatoms. The Kier molecular flexibility index (Phi) is 4.37. The maximum Gasteiger partial charge on any atom is 0.130 e. The van der Waals surface area contributed by atoms with Crippen molar-refractivity contribution in [3.63, 3.8) is 0 Å². The molecule has 0 atom stereocenters. The average molecular weight is 274 g/mol. The van der Waals surface area contributed by atoms with Gasteiger partial charge in [-0.3, -0.25) is 4.68 Å². The fraction of sp³-hybridized carbons (Fsp3) is 0.357. The molecule has 0 saturated carbocycles. The van der Waals surface area contributed by atoms with Crippen molar-refractivity contribution in [1.29, 1.82) is 0 Å². The van der Waals surface area contributed by atoms with Crippen molar-refractivity contribution in [2.75, 3.05) is 0 Å². The normalized spacial score (nSPS) is 11.6. The molecule has 0 radical (unpaired) electrons. The molecule has 0 aliphatic heterocycles. The molecule has 0 aliphatic carbocycles. The molecule has 4 nitrogen and oxygen atoms in total. The molecule has 0 aliphatic rings. The summed E-state index contributed by atoms with van der Waals surface area (Å²) in [5.41, 5.74) is 2.85. The van der Waals surface area contributed by atoms with Crippen LogP contribution in [-0.4, -0.2) is 9.78 Å². The minimum atomic E-state index is 0.337. The molecule has 1 heterocycles. The van der Waals surface area contributed by atoms with Crippen molar-refractivity contribution in [3.8, 4) is 0 Å². The second kappa shape index (κ2) is 6.02. The Morgan fingerprint density at radius 1 is 1.16 bits per heavy atom. The predicted octanol–water partition coefficient (Wildman–Crippen LogP) is 4.87. The highest BCUT2D eigenvalue weighted by molar-refractivity contribution is 7.97. The van der Waals surface area contributed by atoms with Crippen LogP contribution in [0.5, 0.6) is 0 Å². The van der Waals surface area contributed by atoms with Crippen molar-refractivity contribution < 1.29 is 0 Å². The summed E-state index contributed by atoms with van der Waals surface area (Å²) in [5.74, 6) is 0. The molecule has 2 aromatic rings. The zero-order chi connectivity index (χ0) is 13.8. The van der Waals surface area contributed by atoms with E-state index in [-0.39, 0.29) is 0 Å². The zero-order valence-corrected chi connectivity index (χ0v) is 12.5. The van der Waals surface area contributed by atoms with Gasteiger partial charge in [0.05, 0.1) is 11.4 Å². The SMILES string of the molecule is Cc1nn(C(C)C)c(C)c1N=NSc1ccccc1. The van der Waals surface area contributed by atoms with Crippen molar-refractivity contribution in [1.82, 2.24) is 9.78 Å². The van der Waals surface area contributed by atoms with Gasteiger partial charge in [-0.25, -0.2) is 0 Å². The molecule has 19 heavy (non-hydrogen) atoms. The molecule has 0 N–H and O–H groups in total. The highest BCUT2D eigenvalue weighted by Crippen LogP contribution is 2.28. The molecule has 1 aromatic heterocycles. The van der Waals surface area contributed by atoms with Crippen molar-refractivity contribution in [2.24, 2.45) is 9.63 Å². The number of aryl methyl sites for hydroxylation is 1. The highest BCUT2D eigenvalue weighted by Gasteiger charge is 2.12. The van der Waals surface area contributed by atoms with Crippen LogP contribution in [0.25, 0.3) is 0 Å². The minimum Gasteiger partial charge on any atom is -0.265 e. The number of hydrogen-bond donors (Lipinski definition) is 0. The molecule has 0 fully saturated rings. The fourth-order valence-corrected chi connectivity index (χ4v) is 2.39. The van der Waals surface area contributed by atoms with Gasteiger partial charge in [-0.2, -0.15) is 5.10 Å². The van der Waals surface area contributed by atoms with Crippen LogP contribution in [0.3, 0.4) is 0 Å². The first-order valence-electron chi connectivity index (χ1n) is 6.28. The van der Waals surface area contributed by atoms with Gasteiger partial charge in [-0.15, -0.1) is 9.63 Å². The maximum absolute atomic E-state index is 4.49. The molecule has 100 valence electrons. The van der Waals surface area contributed by atoms with Gasteiger partial charge in [0.25, 0.3) is 0 Å². The van der Waals surface area contributed by atoms with Gasteiger partial charge in [0, 0.05) is 22.9 Å². The Morgan fingerprint density at radius 2 is 1.84 bits per heavy atom. The van der Waals surface area contributed by atoms with E-state index in [4.69, 9.17) is 0 Å². The monoisotopic (exact) mass is 274 g/mol. The number of benzene rings is 1. The summed E-state index contributed by atoms with van der Waals surface area (Å²) >= 11 is 1.37.